The molecular formula is C14H8FIN2O2. The summed E-state index contributed by atoms with van der Waals surface area (Å²) in [6.45, 7) is 0. The number of nitriles is 1. The number of halogens is 2. The first kappa shape index (κ1) is 14.3. The van der Waals surface area contributed by atoms with Gasteiger partial charge in [0.05, 0.1) is 0 Å². The molecule has 0 radical (unpaired) electrons. The molecule has 1 heterocycles. The van der Waals surface area contributed by atoms with Gasteiger partial charge in [0, 0.05) is 11.8 Å². The van der Waals surface area contributed by atoms with E-state index >= 15 is 0 Å². The molecule has 100 valence electrons. The molecule has 0 saturated carbocycles. The molecule has 0 atom stereocenters. The number of rotatable bonds is 3. The van der Waals surface area contributed by atoms with Crippen LogP contribution in [0, 0.1) is 20.9 Å². The molecule has 1 aromatic heterocycles. The minimum Gasteiger partial charge on any atom is -0.451 e. The van der Waals surface area contributed by atoms with Crippen molar-refractivity contribution in [2.24, 2.45) is 0 Å². The average Bonchev–Trinajstić information content (AvgIpc) is 2.84. The van der Waals surface area contributed by atoms with Crippen LogP contribution < -0.4 is 5.32 Å². The molecule has 0 unspecified atom stereocenters. The number of amides is 1. The van der Waals surface area contributed by atoms with Gasteiger partial charge in [-0.3, -0.25) is 4.79 Å². The van der Waals surface area contributed by atoms with E-state index in [0.717, 1.165) is 0 Å². The van der Waals surface area contributed by atoms with Crippen molar-refractivity contribution in [1.82, 2.24) is 0 Å². The lowest BCUT2D eigenvalue weighted by molar-refractivity contribution is -0.112. The lowest BCUT2D eigenvalue weighted by Crippen LogP contribution is -2.13. The number of hydrogen-bond donors (Lipinski definition) is 1. The summed E-state index contributed by atoms with van der Waals surface area (Å²) in [6.07, 6.45) is 1.35. The van der Waals surface area contributed by atoms with Crippen molar-refractivity contribution >= 4 is 40.3 Å². The van der Waals surface area contributed by atoms with Crippen LogP contribution in [0.2, 0.25) is 0 Å². The Balaban J connectivity index is 2.16. The predicted molar refractivity (Wildman–Crippen MR) is 80.0 cm³/mol. The molecule has 1 aromatic carbocycles. The summed E-state index contributed by atoms with van der Waals surface area (Å²) < 4.78 is 18.7. The van der Waals surface area contributed by atoms with Gasteiger partial charge in [-0.15, -0.1) is 0 Å². The minimum atomic E-state index is -0.578. The van der Waals surface area contributed by atoms with Crippen molar-refractivity contribution in [3.05, 3.63) is 57.3 Å². The zero-order valence-corrected chi connectivity index (χ0v) is 12.2. The van der Waals surface area contributed by atoms with E-state index in [1.54, 1.807) is 18.2 Å². The summed E-state index contributed by atoms with van der Waals surface area (Å²) in [5.41, 5.74) is 0.312. The predicted octanol–water partition coefficient (Wildman–Crippen LogP) is 3.57. The highest BCUT2D eigenvalue weighted by molar-refractivity contribution is 14.1. The molecule has 0 saturated heterocycles. The highest BCUT2D eigenvalue weighted by Gasteiger charge is 2.10. The third kappa shape index (κ3) is 3.68. The number of carbonyl (C=O) groups is 1. The standard InChI is InChI=1S/C14H8FIN2O2/c15-10-1-3-11(4-2-10)18-14(19)9(8-17)7-12-5-6-13(16)20-12/h1-7H,(H,18,19)/b9-7+. The molecule has 2 aromatic rings. The van der Waals surface area contributed by atoms with Crippen LogP contribution in [0.4, 0.5) is 10.1 Å². The summed E-state index contributed by atoms with van der Waals surface area (Å²) in [7, 11) is 0. The van der Waals surface area contributed by atoms with Crippen LogP contribution in [0.3, 0.4) is 0 Å². The Morgan fingerprint density at radius 3 is 2.55 bits per heavy atom. The van der Waals surface area contributed by atoms with E-state index in [0.29, 0.717) is 15.2 Å². The van der Waals surface area contributed by atoms with Crippen molar-refractivity contribution in [1.29, 1.82) is 5.26 Å². The molecular weight excluding hydrogens is 374 g/mol. The monoisotopic (exact) mass is 382 g/mol. The second kappa shape index (κ2) is 6.34. The van der Waals surface area contributed by atoms with Crippen LogP contribution in [-0.2, 0) is 4.79 Å². The molecule has 0 aliphatic rings. The van der Waals surface area contributed by atoms with Gasteiger partial charge >= 0.3 is 0 Å². The molecule has 0 aliphatic heterocycles. The Hall–Kier alpha value is -2.14. The van der Waals surface area contributed by atoms with E-state index in [1.807, 2.05) is 22.6 Å². The van der Waals surface area contributed by atoms with Gasteiger partial charge in [-0.2, -0.15) is 5.26 Å². The third-order valence-electron chi connectivity index (χ3n) is 2.35. The molecule has 6 heteroatoms. The number of anilines is 1. The van der Waals surface area contributed by atoms with Crippen molar-refractivity contribution in [3.8, 4) is 6.07 Å². The van der Waals surface area contributed by atoms with Gasteiger partial charge in [-0.05, 0) is 59.0 Å². The number of nitrogens with one attached hydrogen (secondary N) is 1. The zero-order valence-electron chi connectivity index (χ0n) is 10.1. The van der Waals surface area contributed by atoms with E-state index in [1.165, 1.54) is 30.3 Å². The van der Waals surface area contributed by atoms with Gasteiger partial charge in [-0.1, -0.05) is 0 Å². The van der Waals surface area contributed by atoms with Crippen molar-refractivity contribution in [2.75, 3.05) is 5.32 Å². The highest BCUT2D eigenvalue weighted by atomic mass is 127. The number of hydrogen-bond acceptors (Lipinski definition) is 3. The molecule has 2 rings (SSSR count). The summed E-state index contributed by atoms with van der Waals surface area (Å²) in [4.78, 5) is 11.9. The first-order valence-electron chi connectivity index (χ1n) is 5.52. The zero-order chi connectivity index (χ0) is 14.5. The van der Waals surface area contributed by atoms with Gasteiger partial charge in [0.25, 0.3) is 5.91 Å². The maximum absolute atomic E-state index is 12.7. The Labute approximate surface area is 128 Å². The average molecular weight is 382 g/mol. The highest BCUT2D eigenvalue weighted by Crippen LogP contribution is 2.15. The van der Waals surface area contributed by atoms with Crippen molar-refractivity contribution < 1.29 is 13.6 Å². The van der Waals surface area contributed by atoms with Crippen LogP contribution >= 0.6 is 22.6 Å². The molecule has 1 N–H and O–H groups in total. The third-order valence-corrected chi connectivity index (χ3v) is 2.93. The summed E-state index contributed by atoms with van der Waals surface area (Å²) >= 11 is 1.98. The van der Waals surface area contributed by atoms with Gasteiger partial charge in [0.15, 0.2) is 3.77 Å². The van der Waals surface area contributed by atoms with Crippen LogP contribution in [-0.4, -0.2) is 5.91 Å². The quantitative estimate of drug-likeness (QED) is 0.502. The number of carbonyl (C=O) groups excluding carboxylic acids is 1. The van der Waals surface area contributed by atoms with Crippen LogP contribution in [0.25, 0.3) is 6.08 Å². The second-order valence-corrected chi connectivity index (χ2v) is 4.84. The lowest BCUT2D eigenvalue weighted by Gasteiger charge is -2.03. The van der Waals surface area contributed by atoms with Crippen LogP contribution in [0.1, 0.15) is 5.76 Å². The van der Waals surface area contributed by atoms with Gasteiger partial charge in [0.1, 0.15) is 23.2 Å². The Morgan fingerprint density at radius 2 is 2.00 bits per heavy atom. The van der Waals surface area contributed by atoms with E-state index < -0.39 is 11.7 Å². The van der Waals surface area contributed by atoms with Crippen LogP contribution in [0.5, 0.6) is 0 Å². The fraction of sp³-hybridized carbons (Fsp3) is 0. The van der Waals surface area contributed by atoms with Crippen molar-refractivity contribution in [3.63, 3.8) is 0 Å². The first-order chi connectivity index (χ1) is 9.58. The normalized spacial score (nSPS) is 10.9. The minimum absolute atomic E-state index is 0.0972. The maximum atomic E-state index is 12.7. The summed E-state index contributed by atoms with van der Waals surface area (Å²) in [5, 5.41) is 11.5. The van der Waals surface area contributed by atoms with Crippen molar-refractivity contribution in [2.45, 2.75) is 0 Å². The maximum Gasteiger partial charge on any atom is 0.266 e. The number of furan rings is 1. The molecule has 20 heavy (non-hydrogen) atoms. The van der Waals surface area contributed by atoms with Crippen LogP contribution in [0.15, 0.2) is 46.4 Å². The Morgan fingerprint density at radius 1 is 1.30 bits per heavy atom. The van der Waals surface area contributed by atoms with E-state index in [4.69, 9.17) is 9.68 Å². The van der Waals surface area contributed by atoms with Gasteiger partial charge < -0.3 is 9.73 Å². The smallest absolute Gasteiger partial charge is 0.266 e. The molecule has 0 aliphatic carbocycles. The summed E-state index contributed by atoms with van der Waals surface area (Å²) in [5.74, 6) is -0.560. The van der Waals surface area contributed by atoms with Gasteiger partial charge in [0.2, 0.25) is 0 Å². The van der Waals surface area contributed by atoms with E-state index in [-0.39, 0.29) is 5.57 Å². The fourth-order valence-electron chi connectivity index (χ4n) is 1.43. The molecule has 0 fully saturated rings. The lowest BCUT2D eigenvalue weighted by atomic mass is 10.2. The van der Waals surface area contributed by atoms with Gasteiger partial charge in [-0.25, -0.2) is 4.39 Å². The van der Waals surface area contributed by atoms with E-state index in [2.05, 4.69) is 5.32 Å². The largest absolute Gasteiger partial charge is 0.451 e. The number of nitrogens with zero attached hydrogens (tertiary/aromatic N) is 1. The topological polar surface area (TPSA) is 66.0 Å². The van der Waals surface area contributed by atoms with E-state index in [9.17, 15) is 9.18 Å². The molecule has 4 nitrogen and oxygen atoms in total. The molecule has 0 spiro atoms. The Kier molecular flexibility index (Phi) is 4.53. The first-order valence-corrected chi connectivity index (χ1v) is 6.60. The SMILES string of the molecule is N#C/C(=C\c1ccc(I)o1)C(=O)Nc1ccc(F)cc1. The molecule has 0 bridgehead atoms. The summed E-state index contributed by atoms with van der Waals surface area (Å²) in [6, 6.07) is 10.5. The second-order valence-electron chi connectivity index (χ2n) is 3.77. The fourth-order valence-corrected chi connectivity index (χ4v) is 1.86. The molecule has 1 amide bonds. The Bertz CT molecular complexity index is 699. The number of benzene rings is 1.